The third-order valence-corrected chi connectivity index (χ3v) is 3.10. The van der Waals surface area contributed by atoms with Crippen LogP contribution in [0.1, 0.15) is 31.2 Å². The van der Waals surface area contributed by atoms with Crippen molar-refractivity contribution in [2.75, 3.05) is 0 Å². The molecule has 5 heteroatoms. The van der Waals surface area contributed by atoms with E-state index < -0.39 is 5.97 Å². The zero-order chi connectivity index (χ0) is 13.8. The highest BCUT2D eigenvalue weighted by Gasteiger charge is 2.32. The smallest absolute Gasteiger partial charge is 0.303 e. The van der Waals surface area contributed by atoms with Crippen molar-refractivity contribution in [3.05, 3.63) is 35.6 Å². The van der Waals surface area contributed by atoms with E-state index in [2.05, 4.69) is 0 Å². The summed E-state index contributed by atoms with van der Waals surface area (Å²) in [7, 11) is 0. The second-order valence-corrected chi connectivity index (χ2v) is 4.78. The number of hydrogen-bond acceptors (Lipinski definition) is 2. The summed E-state index contributed by atoms with van der Waals surface area (Å²) in [6.45, 7) is 0.348. The van der Waals surface area contributed by atoms with E-state index in [1.54, 1.807) is 17.0 Å². The fraction of sp³-hybridized carbons (Fsp3) is 0.429. The third kappa shape index (κ3) is 4.05. The van der Waals surface area contributed by atoms with Gasteiger partial charge in [0.1, 0.15) is 5.82 Å². The lowest BCUT2D eigenvalue weighted by Gasteiger charge is -2.22. The second-order valence-electron chi connectivity index (χ2n) is 4.78. The van der Waals surface area contributed by atoms with Crippen LogP contribution in [0.2, 0.25) is 0 Å². The average molecular weight is 265 g/mol. The van der Waals surface area contributed by atoms with Crippen molar-refractivity contribution in [3.63, 3.8) is 0 Å². The van der Waals surface area contributed by atoms with Gasteiger partial charge in [0.15, 0.2) is 0 Å². The van der Waals surface area contributed by atoms with Gasteiger partial charge in [-0.1, -0.05) is 12.1 Å². The van der Waals surface area contributed by atoms with Crippen LogP contribution in [-0.4, -0.2) is 27.9 Å². The normalized spacial score (nSPS) is 14.2. The van der Waals surface area contributed by atoms with Gasteiger partial charge in [-0.25, -0.2) is 4.39 Å². The van der Waals surface area contributed by atoms with Crippen LogP contribution in [0.4, 0.5) is 4.39 Å². The molecule has 1 fully saturated rings. The van der Waals surface area contributed by atoms with E-state index in [0.717, 1.165) is 18.4 Å². The molecule has 102 valence electrons. The Labute approximate surface area is 110 Å². The van der Waals surface area contributed by atoms with E-state index in [1.807, 2.05) is 0 Å². The van der Waals surface area contributed by atoms with Crippen molar-refractivity contribution in [1.29, 1.82) is 0 Å². The first-order chi connectivity index (χ1) is 9.06. The Morgan fingerprint density at radius 3 is 2.63 bits per heavy atom. The van der Waals surface area contributed by atoms with E-state index in [1.165, 1.54) is 12.1 Å². The summed E-state index contributed by atoms with van der Waals surface area (Å²) in [4.78, 5) is 24.1. The molecule has 0 unspecified atom stereocenters. The fourth-order valence-electron chi connectivity index (χ4n) is 2.00. The molecule has 0 aliphatic heterocycles. The predicted octanol–water partition coefficient (Wildman–Crippen LogP) is 2.18. The maximum absolute atomic E-state index is 13.1. The van der Waals surface area contributed by atoms with E-state index in [4.69, 9.17) is 5.11 Å². The zero-order valence-electron chi connectivity index (χ0n) is 10.5. The average Bonchev–Trinajstić information content (AvgIpc) is 3.17. The van der Waals surface area contributed by atoms with Crippen LogP contribution >= 0.6 is 0 Å². The molecule has 1 saturated carbocycles. The van der Waals surface area contributed by atoms with Gasteiger partial charge in [0.25, 0.3) is 0 Å². The van der Waals surface area contributed by atoms with Crippen LogP contribution in [0.5, 0.6) is 0 Å². The monoisotopic (exact) mass is 265 g/mol. The molecule has 1 aromatic rings. The highest BCUT2D eigenvalue weighted by Crippen LogP contribution is 2.29. The summed E-state index contributed by atoms with van der Waals surface area (Å²) in [6.07, 6.45) is 1.72. The van der Waals surface area contributed by atoms with Crippen molar-refractivity contribution in [2.24, 2.45) is 0 Å². The van der Waals surface area contributed by atoms with Crippen molar-refractivity contribution in [1.82, 2.24) is 4.90 Å². The molecule has 0 atom stereocenters. The van der Waals surface area contributed by atoms with Gasteiger partial charge >= 0.3 is 5.97 Å². The largest absolute Gasteiger partial charge is 0.481 e. The Hall–Kier alpha value is -1.91. The number of carbonyl (C=O) groups is 2. The first-order valence-corrected chi connectivity index (χ1v) is 6.32. The molecular weight excluding hydrogens is 249 g/mol. The summed E-state index contributed by atoms with van der Waals surface area (Å²) < 4.78 is 13.1. The predicted molar refractivity (Wildman–Crippen MR) is 66.8 cm³/mol. The lowest BCUT2D eigenvalue weighted by molar-refractivity contribution is -0.141. The van der Waals surface area contributed by atoms with Gasteiger partial charge in [0, 0.05) is 19.0 Å². The molecule has 0 spiro atoms. The summed E-state index contributed by atoms with van der Waals surface area (Å²) in [5.41, 5.74) is 0.732. The van der Waals surface area contributed by atoms with Crippen LogP contribution in [-0.2, 0) is 16.1 Å². The molecule has 0 aromatic heterocycles. The Kier molecular flexibility index (Phi) is 4.14. The minimum absolute atomic E-state index is 0.00114. The Bertz CT molecular complexity index is 485. The van der Waals surface area contributed by atoms with Gasteiger partial charge in [-0.05, 0) is 30.5 Å². The number of rotatable bonds is 6. The number of halogens is 1. The molecule has 1 aromatic carbocycles. The molecule has 1 amide bonds. The lowest BCUT2D eigenvalue weighted by atomic mass is 10.2. The number of hydrogen-bond donors (Lipinski definition) is 1. The van der Waals surface area contributed by atoms with Crippen molar-refractivity contribution in [3.8, 4) is 0 Å². The maximum Gasteiger partial charge on any atom is 0.303 e. The van der Waals surface area contributed by atoms with Gasteiger partial charge in [-0.2, -0.15) is 0 Å². The first kappa shape index (κ1) is 13.5. The Morgan fingerprint density at radius 2 is 2.05 bits per heavy atom. The second kappa shape index (κ2) is 5.82. The molecule has 1 aliphatic rings. The first-order valence-electron chi connectivity index (χ1n) is 6.32. The molecular formula is C14H16FNO3. The lowest BCUT2D eigenvalue weighted by Crippen LogP contribution is -2.32. The van der Waals surface area contributed by atoms with Gasteiger partial charge in [-0.15, -0.1) is 0 Å². The highest BCUT2D eigenvalue weighted by atomic mass is 19.1. The third-order valence-electron chi connectivity index (χ3n) is 3.10. The van der Waals surface area contributed by atoms with Gasteiger partial charge in [0.05, 0.1) is 6.42 Å². The number of carboxylic acids is 1. The molecule has 2 rings (SSSR count). The van der Waals surface area contributed by atoms with Crippen molar-refractivity contribution < 1.29 is 19.1 Å². The number of nitrogens with zero attached hydrogens (tertiary/aromatic N) is 1. The summed E-state index contributed by atoms with van der Waals surface area (Å²) in [5, 5.41) is 8.60. The van der Waals surface area contributed by atoms with Gasteiger partial charge < -0.3 is 10.0 Å². The number of benzene rings is 1. The standard InChI is InChI=1S/C14H16FNO3/c15-11-3-1-2-10(8-11)9-16(12-4-5-12)13(17)6-7-14(18)19/h1-3,8,12H,4-7,9H2,(H,18,19). The SMILES string of the molecule is O=C(O)CCC(=O)N(Cc1cccc(F)c1)C1CC1. The highest BCUT2D eigenvalue weighted by molar-refractivity contribution is 5.81. The summed E-state index contributed by atoms with van der Waals surface area (Å²) in [6, 6.07) is 6.32. The van der Waals surface area contributed by atoms with Gasteiger partial charge in [0.2, 0.25) is 5.91 Å². The van der Waals surface area contributed by atoms with Crippen molar-refractivity contribution in [2.45, 2.75) is 38.3 Å². The quantitative estimate of drug-likeness (QED) is 0.857. The fourth-order valence-corrected chi connectivity index (χ4v) is 2.00. The number of amides is 1. The molecule has 0 saturated heterocycles. The Balaban J connectivity index is 2.00. The molecule has 1 aliphatic carbocycles. The molecule has 0 radical (unpaired) electrons. The van der Waals surface area contributed by atoms with E-state index >= 15 is 0 Å². The molecule has 4 nitrogen and oxygen atoms in total. The number of aliphatic carboxylic acids is 1. The molecule has 0 heterocycles. The molecule has 1 N–H and O–H groups in total. The zero-order valence-corrected chi connectivity index (χ0v) is 10.5. The topological polar surface area (TPSA) is 57.6 Å². The van der Waals surface area contributed by atoms with Crippen LogP contribution in [0.15, 0.2) is 24.3 Å². The van der Waals surface area contributed by atoms with E-state index in [0.29, 0.717) is 6.54 Å². The molecule has 19 heavy (non-hydrogen) atoms. The summed E-state index contributed by atoms with van der Waals surface area (Å²) >= 11 is 0. The maximum atomic E-state index is 13.1. The van der Waals surface area contributed by atoms with Crippen LogP contribution < -0.4 is 0 Å². The number of carbonyl (C=O) groups excluding carboxylic acids is 1. The van der Waals surface area contributed by atoms with Crippen LogP contribution in [0, 0.1) is 5.82 Å². The Morgan fingerprint density at radius 1 is 1.32 bits per heavy atom. The number of carboxylic acid groups (broad SMARTS) is 1. The van der Waals surface area contributed by atoms with Crippen LogP contribution in [0.25, 0.3) is 0 Å². The van der Waals surface area contributed by atoms with E-state index in [-0.39, 0.29) is 30.6 Å². The van der Waals surface area contributed by atoms with Crippen LogP contribution in [0.3, 0.4) is 0 Å². The van der Waals surface area contributed by atoms with E-state index in [9.17, 15) is 14.0 Å². The minimum atomic E-state index is -0.977. The van der Waals surface area contributed by atoms with Crippen molar-refractivity contribution >= 4 is 11.9 Å². The minimum Gasteiger partial charge on any atom is -0.481 e. The summed E-state index contributed by atoms with van der Waals surface area (Å²) in [5.74, 6) is -1.48. The van der Waals surface area contributed by atoms with Gasteiger partial charge in [-0.3, -0.25) is 9.59 Å². The molecule has 0 bridgehead atoms.